The highest BCUT2D eigenvalue weighted by Gasteiger charge is 2.41. The number of allylic oxidation sites excluding steroid dienone is 3. The van der Waals surface area contributed by atoms with Crippen LogP contribution in [0.25, 0.3) is 0 Å². The summed E-state index contributed by atoms with van der Waals surface area (Å²) >= 11 is 0. The Kier molecular flexibility index (Phi) is 3.66. The van der Waals surface area contributed by atoms with E-state index in [4.69, 9.17) is 0 Å². The molecular formula is C20H22N2O. The fraction of sp³-hybridized carbons (Fsp3) is 0.350. The van der Waals surface area contributed by atoms with Crippen molar-refractivity contribution < 1.29 is 4.79 Å². The molecule has 0 aromatic heterocycles. The summed E-state index contributed by atoms with van der Waals surface area (Å²) < 4.78 is 0. The maximum absolute atomic E-state index is 12.2. The van der Waals surface area contributed by atoms with Crippen molar-refractivity contribution in [3.63, 3.8) is 0 Å². The van der Waals surface area contributed by atoms with E-state index in [1.807, 2.05) is 0 Å². The Morgan fingerprint density at radius 3 is 2.91 bits per heavy atom. The molecule has 1 spiro atoms. The van der Waals surface area contributed by atoms with E-state index in [0.29, 0.717) is 6.42 Å². The molecule has 3 aliphatic rings. The molecule has 2 heterocycles. The van der Waals surface area contributed by atoms with Crippen molar-refractivity contribution in [3.8, 4) is 0 Å². The lowest BCUT2D eigenvalue weighted by atomic mass is 9.70. The van der Waals surface area contributed by atoms with E-state index in [-0.39, 0.29) is 11.3 Å². The maximum atomic E-state index is 12.2. The van der Waals surface area contributed by atoms with E-state index >= 15 is 0 Å². The van der Waals surface area contributed by atoms with Crippen molar-refractivity contribution >= 4 is 5.91 Å². The second kappa shape index (κ2) is 5.82. The molecule has 2 aliphatic heterocycles. The van der Waals surface area contributed by atoms with Gasteiger partial charge in [-0.05, 0) is 24.0 Å². The predicted molar refractivity (Wildman–Crippen MR) is 91.5 cm³/mol. The monoisotopic (exact) mass is 306 g/mol. The summed E-state index contributed by atoms with van der Waals surface area (Å²) in [5.74, 6) is 0.158. The Morgan fingerprint density at radius 2 is 2.04 bits per heavy atom. The molecule has 4 rings (SSSR count). The molecule has 23 heavy (non-hydrogen) atoms. The number of hydrogen-bond acceptors (Lipinski definition) is 2. The van der Waals surface area contributed by atoms with Gasteiger partial charge in [0.1, 0.15) is 0 Å². The number of nitrogens with zero attached hydrogens (tertiary/aromatic N) is 1. The van der Waals surface area contributed by atoms with E-state index in [1.165, 1.54) is 11.1 Å². The van der Waals surface area contributed by atoms with Gasteiger partial charge >= 0.3 is 0 Å². The molecule has 1 N–H and O–H groups in total. The van der Waals surface area contributed by atoms with Crippen LogP contribution in [0.3, 0.4) is 0 Å². The van der Waals surface area contributed by atoms with Gasteiger partial charge in [-0.25, -0.2) is 0 Å². The Hall–Kier alpha value is -2.13. The first-order chi connectivity index (χ1) is 11.3. The quantitative estimate of drug-likeness (QED) is 0.851. The van der Waals surface area contributed by atoms with Crippen LogP contribution in [0, 0.1) is 5.41 Å². The predicted octanol–water partition coefficient (Wildman–Crippen LogP) is 3.17. The van der Waals surface area contributed by atoms with Gasteiger partial charge in [-0.15, -0.1) is 0 Å². The van der Waals surface area contributed by atoms with Gasteiger partial charge in [-0.2, -0.15) is 0 Å². The van der Waals surface area contributed by atoms with Gasteiger partial charge < -0.3 is 5.32 Å². The first-order valence-electron chi connectivity index (χ1n) is 8.39. The van der Waals surface area contributed by atoms with E-state index < -0.39 is 0 Å². The van der Waals surface area contributed by atoms with Crippen LogP contribution in [-0.2, 0) is 11.3 Å². The van der Waals surface area contributed by atoms with Crippen molar-refractivity contribution in [3.05, 3.63) is 71.5 Å². The van der Waals surface area contributed by atoms with Crippen LogP contribution in [0.2, 0.25) is 0 Å². The van der Waals surface area contributed by atoms with E-state index in [1.54, 1.807) is 0 Å². The smallest absolute Gasteiger partial charge is 0.225 e. The standard InChI is InChI=1S/C20H22N2O/c23-19-13-20(17-9-4-5-10-18(17)21-19)11-6-12-22(15-20)14-16-7-2-1-3-8-16/h1-4,6-9,11H,5,10,12-15H2,(H,21,23). The van der Waals surface area contributed by atoms with Gasteiger partial charge in [-0.3, -0.25) is 9.69 Å². The average Bonchev–Trinajstić information content (AvgIpc) is 2.56. The zero-order valence-electron chi connectivity index (χ0n) is 13.3. The highest BCUT2D eigenvalue weighted by Crippen LogP contribution is 2.43. The third-order valence-electron chi connectivity index (χ3n) is 5.03. The molecule has 0 saturated carbocycles. The Morgan fingerprint density at radius 1 is 1.17 bits per heavy atom. The summed E-state index contributed by atoms with van der Waals surface area (Å²) in [5, 5.41) is 3.09. The van der Waals surface area contributed by atoms with E-state index in [2.05, 4.69) is 64.9 Å². The summed E-state index contributed by atoms with van der Waals surface area (Å²) in [6.45, 7) is 2.79. The summed E-state index contributed by atoms with van der Waals surface area (Å²) in [4.78, 5) is 14.7. The van der Waals surface area contributed by atoms with Crippen LogP contribution in [0.4, 0.5) is 0 Å². The highest BCUT2D eigenvalue weighted by molar-refractivity contribution is 5.82. The first kappa shape index (κ1) is 14.5. The average molecular weight is 306 g/mol. The minimum Gasteiger partial charge on any atom is -0.329 e. The normalized spacial score (nSPS) is 27.2. The molecule has 0 radical (unpaired) electrons. The Balaban J connectivity index is 1.63. The van der Waals surface area contributed by atoms with Gasteiger partial charge in [0, 0.05) is 37.2 Å². The zero-order valence-corrected chi connectivity index (χ0v) is 13.3. The van der Waals surface area contributed by atoms with Crippen molar-refractivity contribution in [2.45, 2.75) is 25.8 Å². The molecule has 1 aromatic carbocycles. The summed E-state index contributed by atoms with van der Waals surface area (Å²) in [6.07, 6.45) is 11.5. The second-order valence-corrected chi connectivity index (χ2v) is 6.77. The molecule has 1 unspecified atom stereocenters. The molecule has 1 amide bonds. The van der Waals surface area contributed by atoms with Crippen LogP contribution in [0.5, 0.6) is 0 Å². The fourth-order valence-electron chi connectivity index (χ4n) is 4.05. The molecule has 1 aromatic rings. The Bertz CT molecular complexity index is 702. The van der Waals surface area contributed by atoms with Gasteiger partial charge in [0.2, 0.25) is 5.91 Å². The number of amides is 1. The molecule has 0 saturated heterocycles. The van der Waals surface area contributed by atoms with Crippen LogP contribution in [0.1, 0.15) is 24.8 Å². The molecule has 1 aliphatic carbocycles. The molecule has 3 heteroatoms. The number of nitrogens with one attached hydrogen (secondary N) is 1. The lowest BCUT2D eigenvalue weighted by Gasteiger charge is -2.44. The summed E-state index contributed by atoms with van der Waals surface area (Å²) in [5.41, 5.74) is 3.63. The van der Waals surface area contributed by atoms with Crippen molar-refractivity contribution in [2.24, 2.45) is 5.41 Å². The fourth-order valence-corrected chi connectivity index (χ4v) is 4.05. The first-order valence-corrected chi connectivity index (χ1v) is 8.39. The van der Waals surface area contributed by atoms with Crippen molar-refractivity contribution in [2.75, 3.05) is 13.1 Å². The topological polar surface area (TPSA) is 32.3 Å². The second-order valence-electron chi connectivity index (χ2n) is 6.77. The van der Waals surface area contributed by atoms with Crippen LogP contribution < -0.4 is 5.32 Å². The van der Waals surface area contributed by atoms with Crippen LogP contribution >= 0.6 is 0 Å². The van der Waals surface area contributed by atoms with Gasteiger partial charge in [0.25, 0.3) is 0 Å². The number of fused-ring (bicyclic) bond motifs is 1. The lowest BCUT2D eigenvalue weighted by molar-refractivity contribution is -0.122. The molecule has 0 fully saturated rings. The number of rotatable bonds is 2. The SMILES string of the molecule is O=C1CC2(C=CCN(Cc3ccccc3)C2)C2=C(CCC=C2)N1. The zero-order chi connectivity index (χ0) is 15.7. The minimum atomic E-state index is -0.151. The van der Waals surface area contributed by atoms with E-state index in [9.17, 15) is 4.79 Å². The largest absolute Gasteiger partial charge is 0.329 e. The molecule has 1 atom stereocenters. The molecule has 3 nitrogen and oxygen atoms in total. The minimum absolute atomic E-state index is 0.151. The van der Waals surface area contributed by atoms with Gasteiger partial charge in [0.15, 0.2) is 0 Å². The molecule has 0 bridgehead atoms. The van der Waals surface area contributed by atoms with Crippen molar-refractivity contribution in [1.29, 1.82) is 0 Å². The van der Waals surface area contributed by atoms with Crippen LogP contribution in [0.15, 0.2) is 65.9 Å². The molecule has 118 valence electrons. The lowest BCUT2D eigenvalue weighted by Crippen LogP contribution is -2.48. The van der Waals surface area contributed by atoms with Crippen LogP contribution in [-0.4, -0.2) is 23.9 Å². The third kappa shape index (κ3) is 2.77. The maximum Gasteiger partial charge on any atom is 0.225 e. The Labute approximate surface area is 137 Å². The van der Waals surface area contributed by atoms with Gasteiger partial charge in [-0.1, -0.05) is 54.6 Å². The van der Waals surface area contributed by atoms with Crippen molar-refractivity contribution in [1.82, 2.24) is 10.2 Å². The summed E-state index contributed by atoms with van der Waals surface area (Å²) in [7, 11) is 0. The number of benzene rings is 1. The highest BCUT2D eigenvalue weighted by atomic mass is 16.1. The molecular weight excluding hydrogens is 284 g/mol. The number of hydrogen-bond donors (Lipinski definition) is 1. The number of carbonyl (C=O) groups excluding carboxylic acids is 1. The summed E-state index contributed by atoms with van der Waals surface area (Å²) in [6, 6.07) is 10.6. The van der Waals surface area contributed by atoms with Gasteiger partial charge in [0.05, 0.1) is 0 Å². The van der Waals surface area contributed by atoms with E-state index in [0.717, 1.165) is 38.2 Å². The third-order valence-corrected chi connectivity index (χ3v) is 5.03. The number of carbonyl (C=O) groups is 1.